The first-order chi connectivity index (χ1) is 11.7. The summed E-state index contributed by atoms with van der Waals surface area (Å²) >= 11 is 0. The second kappa shape index (κ2) is 4.85. The quantitative estimate of drug-likeness (QED) is 0.450. The van der Waals surface area contributed by atoms with E-state index in [2.05, 4.69) is 53.7 Å². The lowest BCUT2D eigenvalue weighted by Gasteiger charge is -2.69. The van der Waals surface area contributed by atoms with E-state index >= 15 is 0 Å². The van der Waals surface area contributed by atoms with Crippen LogP contribution in [0.25, 0.3) is 0 Å². The van der Waals surface area contributed by atoms with Crippen LogP contribution < -0.4 is 0 Å². The van der Waals surface area contributed by atoms with Crippen LogP contribution in [-0.4, -0.2) is 0 Å². The molecule has 3 fully saturated rings. The first-order valence-corrected chi connectivity index (χ1v) is 11.2. The molecule has 0 aliphatic heterocycles. The molecule has 5 aliphatic rings. The molecule has 0 nitrogen and oxygen atoms in total. The SMILES string of the molecule is CC(C)C1CC2=CC34CC=C5C(C)C(C)CCC5C3(C)CCC1(C)C24. The lowest BCUT2D eigenvalue weighted by Crippen LogP contribution is -2.62. The molecule has 0 aromatic heterocycles. The average Bonchev–Trinajstić information content (AvgIpc) is 2.80. The van der Waals surface area contributed by atoms with E-state index in [0.29, 0.717) is 16.2 Å². The van der Waals surface area contributed by atoms with E-state index in [0.717, 1.165) is 35.5 Å². The van der Waals surface area contributed by atoms with Crippen LogP contribution in [0.2, 0.25) is 0 Å². The Kier molecular flexibility index (Phi) is 3.23. The average molecular weight is 339 g/mol. The maximum Gasteiger partial charge on any atom is 0.00492 e. The summed E-state index contributed by atoms with van der Waals surface area (Å²) in [5, 5.41) is 0. The molecule has 0 aromatic carbocycles. The molecule has 0 heteroatoms. The fraction of sp³-hybridized carbons (Fsp3) is 0.840. The summed E-state index contributed by atoms with van der Waals surface area (Å²) < 4.78 is 0. The van der Waals surface area contributed by atoms with E-state index in [-0.39, 0.29) is 0 Å². The van der Waals surface area contributed by atoms with Gasteiger partial charge in [-0.05, 0) is 84.9 Å². The van der Waals surface area contributed by atoms with Gasteiger partial charge in [0, 0.05) is 5.41 Å². The lowest BCUT2D eigenvalue weighted by atomic mass is 9.34. The molecule has 0 radical (unpaired) electrons. The third-order valence-corrected chi connectivity index (χ3v) is 10.5. The Morgan fingerprint density at radius 3 is 2.56 bits per heavy atom. The number of allylic oxidation sites excluding steroid dienone is 4. The van der Waals surface area contributed by atoms with Gasteiger partial charge >= 0.3 is 0 Å². The van der Waals surface area contributed by atoms with Gasteiger partial charge in [-0.3, -0.25) is 0 Å². The number of rotatable bonds is 1. The highest BCUT2D eigenvalue weighted by molar-refractivity contribution is 5.45. The molecule has 138 valence electrons. The number of hydrogen-bond donors (Lipinski definition) is 0. The Morgan fingerprint density at radius 1 is 1.08 bits per heavy atom. The highest BCUT2D eigenvalue weighted by atomic mass is 14.8. The second-order valence-corrected chi connectivity index (χ2v) is 11.5. The first-order valence-electron chi connectivity index (χ1n) is 11.2. The highest BCUT2D eigenvalue weighted by Gasteiger charge is 2.72. The van der Waals surface area contributed by atoms with Gasteiger partial charge in [-0.25, -0.2) is 0 Å². The van der Waals surface area contributed by atoms with Gasteiger partial charge in [-0.15, -0.1) is 0 Å². The predicted molar refractivity (Wildman–Crippen MR) is 106 cm³/mol. The van der Waals surface area contributed by atoms with Crippen LogP contribution in [0.15, 0.2) is 23.3 Å². The monoisotopic (exact) mass is 338 g/mol. The topological polar surface area (TPSA) is 0 Å². The zero-order valence-corrected chi connectivity index (χ0v) is 17.4. The smallest absolute Gasteiger partial charge is 0.00492 e. The Balaban J connectivity index is 1.60. The minimum atomic E-state index is 0.507. The van der Waals surface area contributed by atoms with Crippen molar-refractivity contribution >= 4 is 0 Å². The summed E-state index contributed by atoms with van der Waals surface area (Å²) in [6.07, 6.45) is 14.2. The van der Waals surface area contributed by atoms with Gasteiger partial charge in [-0.1, -0.05) is 64.8 Å². The van der Waals surface area contributed by atoms with Gasteiger partial charge in [0.1, 0.15) is 0 Å². The third kappa shape index (κ3) is 1.71. The fourth-order valence-electron chi connectivity index (χ4n) is 8.91. The molecule has 0 saturated heterocycles. The Bertz CT molecular complexity index is 666. The molecular formula is C25H38. The van der Waals surface area contributed by atoms with Gasteiger partial charge in [0.15, 0.2) is 0 Å². The zero-order valence-electron chi connectivity index (χ0n) is 17.4. The molecule has 5 rings (SSSR count). The molecule has 0 aromatic rings. The summed E-state index contributed by atoms with van der Waals surface area (Å²) in [5.74, 6) is 5.23. The fourth-order valence-corrected chi connectivity index (χ4v) is 8.91. The Labute approximate surface area is 155 Å². The highest BCUT2D eigenvalue weighted by Crippen LogP contribution is 2.80. The number of hydrogen-bond acceptors (Lipinski definition) is 0. The van der Waals surface area contributed by atoms with Crippen molar-refractivity contribution in [1.82, 2.24) is 0 Å². The largest absolute Gasteiger partial charge is 0.0838 e. The van der Waals surface area contributed by atoms with Gasteiger partial charge in [0.05, 0.1) is 0 Å². The summed E-state index contributed by atoms with van der Waals surface area (Å²) in [5.41, 5.74) is 5.34. The van der Waals surface area contributed by atoms with Crippen molar-refractivity contribution in [2.24, 2.45) is 51.8 Å². The molecule has 5 aliphatic carbocycles. The van der Waals surface area contributed by atoms with Crippen LogP contribution in [0.1, 0.15) is 80.1 Å². The molecule has 0 N–H and O–H groups in total. The summed E-state index contributed by atoms with van der Waals surface area (Å²) in [4.78, 5) is 0. The molecule has 8 unspecified atom stereocenters. The molecule has 3 saturated carbocycles. The molecule has 25 heavy (non-hydrogen) atoms. The first kappa shape index (κ1) is 16.6. The van der Waals surface area contributed by atoms with Crippen LogP contribution in [0.4, 0.5) is 0 Å². The van der Waals surface area contributed by atoms with Gasteiger partial charge in [-0.2, -0.15) is 0 Å². The summed E-state index contributed by atoms with van der Waals surface area (Å²) in [7, 11) is 0. The van der Waals surface area contributed by atoms with Gasteiger partial charge in [0.25, 0.3) is 0 Å². The van der Waals surface area contributed by atoms with Gasteiger partial charge in [0.2, 0.25) is 0 Å². The maximum absolute atomic E-state index is 2.83. The second-order valence-electron chi connectivity index (χ2n) is 11.5. The van der Waals surface area contributed by atoms with Crippen LogP contribution in [-0.2, 0) is 0 Å². The molecule has 8 atom stereocenters. The molecule has 0 amide bonds. The molecule has 0 bridgehead atoms. The van der Waals surface area contributed by atoms with Crippen molar-refractivity contribution in [1.29, 1.82) is 0 Å². The van der Waals surface area contributed by atoms with Crippen molar-refractivity contribution in [3.63, 3.8) is 0 Å². The minimum Gasteiger partial charge on any atom is -0.0838 e. The van der Waals surface area contributed by atoms with Crippen molar-refractivity contribution in [3.05, 3.63) is 23.3 Å². The van der Waals surface area contributed by atoms with Gasteiger partial charge < -0.3 is 0 Å². The minimum absolute atomic E-state index is 0.507. The lowest BCUT2D eigenvalue weighted by molar-refractivity contribution is -0.133. The number of fused-ring (bicyclic) bond motifs is 2. The van der Waals surface area contributed by atoms with E-state index < -0.39 is 0 Å². The van der Waals surface area contributed by atoms with Crippen molar-refractivity contribution in [3.8, 4) is 0 Å². The van der Waals surface area contributed by atoms with Crippen molar-refractivity contribution in [2.75, 3.05) is 0 Å². The van der Waals surface area contributed by atoms with E-state index in [4.69, 9.17) is 0 Å². The van der Waals surface area contributed by atoms with Crippen LogP contribution >= 0.6 is 0 Å². The van der Waals surface area contributed by atoms with Crippen molar-refractivity contribution in [2.45, 2.75) is 80.1 Å². The van der Waals surface area contributed by atoms with E-state index in [1.807, 2.05) is 11.1 Å². The Hall–Kier alpha value is -0.520. The van der Waals surface area contributed by atoms with E-state index in [9.17, 15) is 0 Å². The van der Waals surface area contributed by atoms with Crippen LogP contribution in [0.5, 0.6) is 0 Å². The zero-order chi connectivity index (χ0) is 17.8. The van der Waals surface area contributed by atoms with Crippen LogP contribution in [0.3, 0.4) is 0 Å². The predicted octanol–water partition coefficient (Wildman–Crippen LogP) is 7.02. The Morgan fingerprint density at radius 2 is 1.84 bits per heavy atom. The van der Waals surface area contributed by atoms with E-state index in [1.165, 1.54) is 38.5 Å². The third-order valence-electron chi connectivity index (χ3n) is 10.5. The molecule has 0 heterocycles. The molecule has 1 spiro atoms. The maximum atomic E-state index is 2.83. The normalized spacial score (nSPS) is 56.4. The standard InChI is InChI=1S/C25H38/c1-15(2)21-13-18-14-25-10-9-19-17(4)16(3)7-8-20(19)24(25,6)12-11-23(21,5)22(18)25/h9,14-17,20-22H,7-8,10-13H2,1-6H3. The summed E-state index contributed by atoms with van der Waals surface area (Å²) in [6, 6.07) is 0. The molecular weight excluding hydrogens is 300 g/mol. The van der Waals surface area contributed by atoms with Crippen molar-refractivity contribution < 1.29 is 0 Å². The van der Waals surface area contributed by atoms with Crippen LogP contribution in [0, 0.1) is 51.8 Å². The summed E-state index contributed by atoms with van der Waals surface area (Å²) in [6.45, 7) is 15.3. The van der Waals surface area contributed by atoms with E-state index in [1.54, 1.807) is 0 Å².